The molecule has 0 unspecified atom stereocenters. The van der Waals surface area contributed by atoms with Crippen LogP contribution >= 0.6 is 0 Å². The van der Waals surface area contributed by atoms with E-state index in [1.54, 1.807) is 12.1 Å². The van der Waals surface area contributed by atoms with Gasteiger partial charge < -0.3 is 10.1 Å². The molecule has 1 N–H and O–H groups in total. The Morgan fingerprint density at radius 3 is 2.43 bits per heavy atom. The molecular weight excluding hydrogens is 264 g/mol. The van der Waals surface area contributed by atoms with E-state index in [4.69, 9.17) is 4.74 Å². The minimum absolute atomic E-state index is 0.253. The lowest BCUT2D eigenvalue weighted by Gasteiger charge is -2.10. The number of benzene rings is 1. The van der Waals surface area contributed by atoms with Crippen molar-refractivity contribution in [2.24, 2.45) is 0 Å². The van der Waals surface area contributed by atoms with E-state index in [1.165, 1.54) is 0 Å². The molecule has 0 amide bonds. The number of aromatic nitrogens is 1. The third-order valence-corrected chi connectivity index (χ3v) is 2.80. The van der Waals surface area contributed by atoms with Crippen molar-refractivity contribution in [1.29, 1.82) is 0 Å². The third kappa shape index (κ3) is 4.31. The zero-order chi connectivity index (χ0) is 15.4. The van der Waals surface area contributed by atoms with Crippen LogP contribution in [0.4, 0.5) is 5.82 Å². The molecule has 110 valence electrons. The maximum atomic E-state index is 12.2. The maximum absolute atomic E-state index is 12.2. The van der Waals surface area contributed by atoms with Gasteiger partial charge in [0.05, 0.1) is 0 Å². The molecule has 1 heterocycles. The number of nitrogens with zero attached hydrogens (tertiary/aromatic N) is 1. The summed E-state index contributed by atoms with van der Waals surface area (Å²) in [5.41, 5.74) is 2.40. The molecule has 0 atom stereocenters. The Morgan fingerprint density at radius 2 is 1.81 bits per heavy atom. The Kier molecular flexibility index (Phi) is 4.58. The lowest BCUT2D eigenvalue weighted by molar-refractivity contribution is 0.0728. The molecule has 4 heteroatoms. The van der Waals surface area contributed by atoms with Crippen LogP contribution in [-0.4, -0.2) is 17.0 Å². The second-order valence-electron chi connectivity index (χ2n) is 5.42. The molecule has 0 aliphatic carbocycles. The number of hydrogen-bond donors (Lipinski definition) is 1. The molecule has 0 saturated carbocycles. The number of anilines is 1. The Balaban J connectivity index is 2.16. The quantitative estimate of drug-likeness (QED) is 0.686. The first kappa shape index (κ1) is 15.0. The summed E-state index contributed by atoms with van der Waals surface area (Å²) in [6.45, 7) is 7.97. The summed E-state index contributed by atoms with van der Waals surface area (Å²) in [6.07, 6.45) is 0. The molecule has 0 saturated heterocycles. The summed E-state index contributed by atoms with van der Waals surface area (Å²) in [4.78, 5) is 16.4. The van der Waals surface area contributed by atoms with Crippen molar-refractivity contribution in [2.45, 2.75) is 33.7 Å². The first-order valence-corrected chi connectivity index (χ1v) is 6.98. The second kappa shape index (κ2) is 6.39. The van der Waals surface area contributed by atoms with E-state index in [9.17, 15) is 4.79 Å². The topological polar surface area (TPSA) is 51.2 Å². The molecule has 2 rings (SSSR count). The van der Waals surface area contributed by atoms with Crippen molar-refractivity contribution in [2.75, 3.05) is 5.32 Å². The summed E-state index contributed by atoms with van der Waals surface area (Å²) < 4.78 is 5.39. The van der Waals surface area contributed by atoms with Crippen LogP contribution < -0.4 is 10.1 Å². The maximum Gasteiger partial charge on any atom is 0.362 e. The molecule has 0 fully saturated rings. The van der Waals surface area contributed by atoms with Crippen molar-refractivity contribution in [3.8, 4) is 5.75 Å². The minimum Gasteiger partial charge on any atom is -0.422 e. The van der Waals surface area contributed by atoms with Gasteiger partial charge in [-0.15, -0.1) is 0 Å². The zero-order valence-electron chi connectivity index (χ0n) is 12.8. The number of carbonyl (C=O) groups excluding carboxylic acids is 1. The van der Waals surface area contributed by atoms with Crippen LogP contribution in [0.3, 0.4) is 0 Å². The van der Waals surface area contributed by atoms with Crippen molar-refractivity contribution in [3.05, 3.63) is 53.2 Å². The SMILES string of the molecule is Cc1cc(C)cc(OC(=O)c2cccc(NC(C)C)n2)c1. The van der Waals surface area contributed by atoms with E-state index in [0.717, 1.165) is 11.1 Å². The van der Waals surface area contributed by atoms with Gasteiger partial charge >= 0.3 is 5.97 Å². The monoisotopic (exact) mass is 284 g/mol. The number of nitrogens with one attached hydrogen (secondary N) is 1. The Labute approximate surface area is 125 Å². The molecule has 0 aliphatic rings. The standard InChI is InChI=1S/C17H20N2O2/c1-11(2)18-16-7-5-6-15(19-16)17(20)21-14-9-12(3)8-13(4)10-14/h5-11H,1-4H3,(H,18,19). The van der Waals surface area contributed by atoms with Crippen molar-refractivity contribution >= 4 is 11.8 Å². The van der Waals surface area contributed by atoms with Gasteiger partial charge in [-0.25, -0.2) is 9.78 Å². The number of ether oxygens (including phenoxy) is 1. The Morgan fingerprint density at radius 1 is 1.14 bits per heavy atom. The van der Waals surface area contributed by atoms with Gasteiger partial charge in [0.2, 0.25) is 0 Å². The highest BCUT2D eigenvalue weighted by Crippen LogP contribution is 2.18. The molecule has 1 aromatic carbocycles. The highest BCUT2D eigenvalue weighted by Gasteiger charge is 2.11. The number of hydrogen-bond acceptors (Lipinski definition) is 4. The highest BCUT2D eigenvalue weighted by atomic mass is 16.5. The lowest BCUT2D eigenvalue weighted by atomic mass is 10.1. The van der Waals surface area contributed by atoms with Gasteiger partial charge in [-0.2, -0.15) is 0 Å². The molecule has 4 nitrogen and oxygen atoms in total. The summed E-state index contributed by atoms with van der Waals surface area (Å²) in [6, 6.07) is 11.2. The summed E-state index contributed by atoms with van der Waals surface area (Å²) in [5.74, 6) is 0.758. The van der Waals surface area contributed by atoms with Crippen LogP contribution in [0.15, 0.2) is 36.4 Å². The molecule has 0 radical (unpaired) electrons. The fraction of sp³-hybridized carbons (Fsp3) is 0.294. The number of esters is 1. The molecule has 1 aromatic heterocycles. The second-order valence-corrected chi connectivity index (χ2v) is 5.42. The predicted octanol–water partition coefficient (Wildman–Crippen LogP) is 3.74. The van der Waals surface area contributed by atoms with Crippen molar-refractivity contribution in [1.82, 2.24) is 4.98 Å². The number of aryl methyl sites for hydroxylation is 2. The fourth-order valence-corrected chi connectivity index (χ4v) is 2.08. The third-order valence-electron chi connectivity index (χ3n) is 2.80. The van der Waals surface area contributed by atoms with Crippen LogP contribution in [0.5, 0.6) is 5.75 Å². The lowest BCUT2D eigenvalue weighted by Crippen LogP contribution is -2.15. The van der Waals surface area contributed by atoms with Gasteiger partial charge in [0.25, 0.3) is 0 Å². The van der Waals surface area contributed by atoms with E-state index in [0.29, 0.717) is 17.3 Å². The van der Waals surface area contributed by atoms with Crippen LogP contribution in [0.25, 0.3) is 0 Å². The molecule has 21 heavy (non-hydrogen) atoms. The van der Waals surface area contributed by atoms with Crippen LogP contribution in [0.2, 0.25) is 0 Å². The highest BCUT2D eigenvalue weighted by molar-refractivity contribution is 5.89. The van der Waals surface area contributed by atoms with Gasteiger partial charge in [-0.1, -0.05) is 12.1 Å². The molecule has 0 spiro atoms. The summed E-state index contributed by atoms with van der Waals surface area (Å²) in [5, 5.41) is 3.16. The largest absolute Gasteiger partial charge is 0.422 e. The molecule has 2 aromatic rings. The zero-order valence-corrected chi connectivity index (χ0v) is 12.8. The van der Waals surface area contributed by atoms with Crippen molar-refractivity contribution < 1.29 is 9.53 Å². The molecule has 0 aliphatic heterocycles. The average molecular weight is 284 g/mol. The van der Waals surface area contributed by atoms with Gasteiger partial charge in [0.1, 0.15) is 11.6 Å². The van der Waals surface area contributed by atoms with E-state index in [2.05, 4.69) is 10.3 Å². The van der Waals surface area contributed by atoms with E-state index in [1.807, 2.05) is 52.0 Å². The normalized spacial score (nSPS) is 10.5. The number of carbonyl (C=O) groups is 1. The van der Waals surface area contributed by atoms with Gasteiger partial charge in [0.15, 0.2) is 5.69 Å². The van der Waals surface area contributed by atoms with Crippen LogP contribution in [-0.2, 0) is 0 Å². The minimum atomic E-state index is -0.451. The van der Waals surface area contributed by atoms with E-state index >= 15 is 0 Å². The fourth-order valence-electron chi connectivity index (χ4n) is 2.08. The van der Waals surface area contributed by atoms with E-state index in [-0.39, 0.29) is 6.04 Å². The molecule has 0 bridgehead atoms. The average Bonchev–Trinajstić information content (AvgIpc) is 2.36. The summed E-state index contributed by atoms with van der Waals surface area (Å²) >= 11 is 0. The number of pyridine rings is 1. The Bertz CT molecular complexity index is 631. The van der Waals surface area contributed by atoms with Crippen LogP contribution in [0.1, 0.15) is 35.5 Å². The molecular formula is C17H20N2O2. The smallest absolute Gasteiger partial charge is 0.362 e. The first-order chi connectivity index (χ1) is 9.94. The predicted molar refractivity (Wildman–Crippen MR) is 83.9 cm³/mol. The van der Waals surface area contributed by atoms with Crippen LogP contribution in [0, 0.1) is 13.8 Å². The Hall–Kier alpha value is -2.36. The first-order valence-electron chi connectivity index (χ1n) is 6.98. The number of rotatable bonds is 4. The van der Waals surface area contributed by atoms with Gasteiger partial charge in [0, 0.05) is 6.04 Å². The van der Waals surface area contributed by atoms with E-state index < -0.39 is 5.97 Å². The van der Waals surface area contributed by atoms with Crippen molar-refractivity contribution in [3.63, 3.8) is 0 Å². The van der Waals surface area contributed by atoms with Gasteiger partial charge in [-0.3, -0.25) is 0 Å². The summed E-state index contributed by atoms with van der Waals surface area (Å²) in [7, 11) is 0. The van der Waals surface area contributed by atoms with Gasteiger partial charge in [-0.05, 0) is 63.1 Å².